The topological polar surface area (TPSA) is 55.8 Å². The van der Waals surface area contributed by atoms with Crippen LogP contribution in [0.5, 0.6) is 0 Å². The molecule has 5 heteroatoms. The van der Waals surface area contributed by atoms with Crippen molar-refractivity contribution in [3.8, 4) is 0 Å². The third-order valence-electron chi connectivity index (χ3n) is 1.70. The van der Waals surface area contributed by atoms with Gasteiger partial charge in [-0.15, -0.1) is 0 Å². The summed E-state index contributed by atoms with van der Waals surface area (Å²) >= 11 is 1.69. The first-order valence-electron chi connectivity index (χ1n) is 4.65. The van der Waals surface area contributed by atoms with E-state index < -0.39 is 18.2 Å². The zero-order valence-electron chi connectivity index (χ0n) is 8.70. The van der Waals surface area contributed by atoms with Crippen molar-refractivity contribution in [2.45, 2.75) is 39.4 Å². The number of hydrogen-bond acceptors (Lipinski definition) is 4. The van der Waals surface area contributed by atoms with Gasteiger partial charge in [-0.25, -0.2) is 4.79 Å². The largest absolute Gasteiger partial charge is 0.464 e. The molecule has 0 amide bonds. The standard InChI is InChI=1S/C9H17IO4/c1-4-13-9(12)8(11)7(14-10)5-6(2)3/h6-8,11H,4-5H2,1-3H3. The van der Waals surface area contributed by atoms with Gasteiger partial charge in [-0.2, -0.15) is 0 Å². The molecule has 0 aromatic carbocycles. The summed E-state index contributed by atoms with van der Waals surface area (Å²) in [4.78, 5) is 11.2. The summed E-state index contributed by atoms with van der Waals surface area (Å²) in [6.07, 6.45) is -1.05. The van der Waals surface area contributed by atoms with Gasteiger partial charge in [0, 0.05) is 0 Å². The predicted octanol–water partition coefficient (Wildman–Crippen LogP) is 1.69. The van der Waals surface area contributed by atoms with E-state index >= 15 is 0 Å². The maximum Gasteiger partial charge on any atom is 0.337 e. The highest BCUT2D eigenvalue weighted by Crippen LogP contribution is 2.15. The van der Waals surface area contributed by atoms with Crippen LogP contribution in [0.1, 0.15) is 27.2 Å². The lowest BCUT2D eigenvalue weighted by molar-refractivity contribution is -0.157. The number of rotatable bonds is 6. The van der Waals surface area contributed by atoms with Crippen molar-refractivity contribution in [1.29, 1.82) is 0 Å². The number of ether oxygens (including phenoxy) is 1. The van der Waals surface area contributed by atoms with Gasteiger partial charge in [-0.1, -0.05) is 13.8 Å². The molecule has 84 valence electrons. The second-order valence-electron chi connectivity index (χ2n) is 3.45. The van der Waals surface area contributed by atoms with Gasteiger partial charge in [0.25, 0.3) is 0 Å². The average Bonchev–Trinajstić information content (AvgIpc) is 2.13. The highest BCUT2D eigenvalue weighted by Gasteiger charge is 2.28. The Morgan fingerprint density at radius 2 is 2.07 bits per heavy atom. The average molecular weight is 316 g/mol. The molecule has 0 aliphatic rings. The van der Waals surface area contributed by atoms with Crippen molar-refractivity contribution < 1.29 is 17.7 Å². The lowest BCUT2D eigenvalue weighted by Crippen LogP contribution is -2.36. The first-order chi connectivity index (χ1) is 6.52. The van der Waals surface area contributed by atoms with Crippen LogP contribution in [-0.2, 0) is 12.6 Å². The molecule has 2 unspecified atom stereocenters. The molecule has 1 N–H and O–H groups in total. The first kappa shape index (κ1) is 14.1. The fourth-order valence-electron chi connectivity index (χ4n) is 1.06. The number of halogens is 1. The van der Waals surface area contributed by atoms with Crippen molar-refractivity contribution in [2.75, 3.05) is 6.61 Å². The van der Waals surface area contributed by atoms with Crippen molar-refractivity contribution in [3.63, 3.8) is 0 Å². The van der Waals surface area contributed by atoms with Crippen LogP contribution in [0.2, 0.25) is 0 Å². The molecule has 0 aliphatic carbocycles. The van der Waals surface area contributed by atoms with Crippen LogP contribution < -0.4 is 0 Å². The van der Waals surface area contributed by atoms with Crippen molar-refractivity contribution >= 4 is 29.0 Å². The zero-order chi connectivity index (χ0) is 11.1. The van der Waals surface area contributed by atoms with Crippen molar-refractivity contribution in [1.82, 2.24) is 0 Å². The van der Waals surface area contributed by atoms with Crippen molar-refractivity contribution in [2.24, 2.45) is 5.92 Å². The van der Waals surface area contributed by atoms with Gasteiger partial charge in [0.05, 0.1) is 6.61 Å². The summed E-state index contributed by atoms with van der Waals surface area (Å²) in [6, 6.07) is 0. The van der Waals surface area contributed by atoms with E-state index in [0.717, 1.165) is 0 Å². The SMILES string of the molecule is CCOC(=O)C(O)C(CC(C)C)OI. The highest BCUT2D eigenvalue weighted by atomic mass is 127. The molecule has 0 fully saturated rings. The third-order valence-corrected chi connectivity index (χ3v) is 2.35. The zero-order valence-corrected chi connectivity index (χ0v) is 10.9. The van der Waals surface area contributed by atoms with E-state index in [0.29, 0.717) is 12.3 Å². The lowest BCUT2D eigenvalue weighted by atomic mass is 10.0. The molecule has 0 aromatic heterocycles. The molecule has 0 saturated heterocycles. The molecule has 0 rings (SSSR count). The van der Waals surface area contributed by atoms with Gasteiger partial charge in [-0.05, 0) is 19.3 Å². The molecule has 0 heterocycles. The maximum atomic E-state index is 11.2. The number of esters is 1. The Balaban J connectivity index is 4.15. The minimum absolute atomic E-state index is 0.269. The van der Waals surface area contributed by atoms with Crippen LogP contribution in [0.4, 0.5) is 0 Å². The molecule has 4 nitrogen and oxygen atoms in total. The van der Waals surface area contributed by atoms with E-state index in [2.05, 4.69) is 0 Å². The molecule has 0 aromatic rings. The smallest absolute Gasteiger partial charge is 0.337 e. The molecular formula is C9H17IO4. The summed E-state index contributed by atoms with van der Waals surface area (Å²) in [7, 11) is 0. The number of hydrogen-bond donors (Lipinski definition) is 1. The van der Waals surface area contributed by atoms with Crippen LogP contribution in [0, 0.1) is 5.92 Å². The molecule has 14 heavy (non-hydrogen) atoms. The lowest BCUT2D eigenvalue weighted by Gasteiger charge is -2.20. The van der Waals surface area contributed by atoms with Crippen molar-refractivity contribution in [3.05, 3.63) is 0 Å². The quantitative estimate of drug-likeness (QED) is 0.598. The molecule has 0 saturated carbocycles. The summed E-state index contributed by atoms with van der Waals surface area (Å²) in [6.45, 7) is 5.97. The Bertz CT molecular complexity index is 172. The van der Waals surface area contributed by atoms with Crippen LogP contribution in [-0.4, -0.2) is 29.9 Å². The summed E-state index contributed by atoms with van der Waals surface area (Å²) in [5, 5.41) is 9.55. The maximum absolute atomic E-state index is 11.2. The Kier molecular flexibility index (Phi) is 7.48. The van der Waals surface area contributed by atoms with Crippen LogP contribution in [0.15, 0.2) is 0 Å². The number of aliphatic hydroxyl groups excluding tert-OH is 1. The summed E-state index contributed by atoms with van der Waals surface area (Å²) < 4.78 is 9.71. The fourth-order valence-corrected chi connectivity index (χ4v) is 1.54. The van der Waals surface area contributed by atoms with Crippen LogP contribution in [0.3, 0.4) is 0 Å². The van der Waals surface area contributed by atoms with Gasteiger partial charge < -0.3 is 12.9 Å². The van der Waals surface area contributed by atoms with Gasteiger partial charge >= 0.3 is 5.97 Å². The first-order valence-corrected chi connectivity index (χ1v) is 5.53. The Hall–Kier alpha value is 0.120. The monoisotopic (exact) mass is 316 g/mol. The molecule has 0 spiro atoms. The minimum Gasteiger partial charge on any atom is -0.464 e. The van der Waals surface area contributed by atoms with E-state index in [4.69, 9.17) is 7.80 Å². The van der Waals surface area contributed by atoms with Gasteiger partial charge in [0.2, 0.25) is 0 Å². The van der Waals surface area contributed by atoms with Gasteiger partial charge in [0.15, 0.2) is 6.10 Å². The second kappa shape index (κ2) is 7.42. The van der Waals surface area contributed by atoms with Crippen LogP contribution >= 0.6 is 23.0 Å². The highest BCUT2D eigenvalue weighted by molar-refractivity contribution is 14.1. The third kappa shape index (κ3) is 5.11. The molecule has 0 radical (unpaired) electrons. The molecule has 2 atom stereocenters. The molecule has 0 aliphatic heterocycles. The van der Waals surface area contributed by atoms with Gasteiger partial charge in [-0.3, -0.25) is 0 Å². The van der Waals surface area contributed by atoms with Crippen LogP contribution in [0.25, 0.3) is 0 Å². The minimum atomic E-state index is -1.19. The fraction of sp³-hybridized carbons (Fsp3) is 0.889. The number of carbonyl (C=O) groups is 1. The Morgan fingerprint density at radius 1 is 1.50 bits per heavy atom. The molecular weight excluding hydrogens is 299 g/mol. The van der Waals surface area contributed by atoms with E-state index in [1.165, 1.54) is 0 Å². The van der Waals surface area contributed by atoms with E-state index in [-0.39, 0.29) is 6.61 Å². The predicted molar refractivity (Wildman–Crippen MR) is 61.0 cm³/mol. The normalized spacial score (nSPS) is 15.3. The summed E-state index contributed by atoms with van der Waals surface area (Å²) in [5.74, 6) is -0.256. The van der Waals surface area contributed by atoms with E-state index in [9.17, 15) is 9.90 Å². The summed E-state index contributed by atoms with van der Waals surface area (Å²) in [5.41, 5.74) is 0. The van der Waals surface area contributed by atoms with Gasteiger partial charge in [0.1, 0.15) is 29.1 Å². The number of aliphatic hydroxyl groups is 1. The molecule has 0 bridgehead atoms. The van der Waals surface area contributed by atoms with E-state index in [1.807, 2.05) is 13.8 Å². The van der Waals surface area contributed by atoms with E-state index in [1.54, 1.807) is 29.9 Å². The second-order valence-corrected chi connectivity index (χ2v) is 3.96. The Labute approximate surface area is 98.7 Å². The number of carbonyl (C=O) groups excluding carboxylic acids is 1. The Morgan fingerprint density at radius 3 is 2.43 bits per heavy atom.